The van der Waals surface area contributed by atoms with Crippen LogP contribution in [0.5, 0.6) is 5.75 Å². The second kappa shape index (κ2) is 6.20. The number of halogens is 5. The molecule has 0 saturated heterocycles. The lowest BCUT2D eigenvalue weighted by atomic mass is 9.77. The SMILES string of the molecule is Cc1cc(OCc2cccc(Cl)c2Cl)ccc1[B-](F)(F)F. The van der Waals surface area contributed by atoms with Crippen molar-refractivity contribution < 1.29 is 17.7 Å². The van der Waals surface area contributed by atoms with Gasteiger partial charge in [-0.2, -0.15) is 0 Å². The third-order valence-corrected chi connectivity index (χ3v) is 3.88. The Hall–Kier alpha value is -1.33. The molecule has 1 nitrogen and oxygen atoms in total. The Labute approximate surface area is 130 Å². The molecule has 2 rings (SSSR count). The lowest BCUT2D eigenvalue weighted by Gasteiger charge is -2.18. The molecule has 0 spiro atoms. The van der Waals surface area contributed by atoms with E-state index in [2.05, 4.69) is 0 Å². The standard InChI is InChI=1S/C14H11BCl2F3O/c1-9-7-11(5-6-12(9)15(18,19)20)21-8-10-3-2-4-13(16)14(10)17/h2-7H,8H2,1H3/q-1. The predicted octanol–water partition coefficient (Wildman–Crippen LogP) is 4.94. The molecule has 0 fully saturated rings. The first-order valence-electron chi connectivity index (χ1n) is 6.15. The Bertz CT molecular complexity index is 659. The van der Waals surface area contributed by atoms with Crippen LogP contribution in [-0.2, 0) is 6.61 Å². The van der Waals surface area contributed by atoms with Gasteiger partial charge >= 0.3 is 6.98 Å². The minimum Gasteiger partial charge on any atom is -0.489 e. The van der Waals surface area contributed by atoms with E-state index >= 15 is 0 Å². The second-order valence-electron chi connectivity index (χ2n) is 4.59. The maximum absolute atomic E-state index is 12.7. The molecule has 21 heavy (non-hydrogen) atoms. The van der Waals surface area contributed by atoms with Gasteiger partial charge in [-0.15, -0.1) is 5.46 Å². The van der Waals surface area contributed by atoms with Crippen molar-refractivity contribution in [2.75, 3.05) is 0 Å². The van der Waals surface area contributed by atoms with Gasteiger partial charge in [0.25, 0.3) is 0 Å². The van der Waals surface area contributed by atoms with Gasteiger partial charge in [0, 0.05) is 5.56 Å². The van der Waals surface area contributed by atoms with Gasteiger partial charge in [-0.1, -0.05) is 47.0 Å². The molecule has 0 saturated carbocycles. The summed E-state index contributed by atoms with van der Waals surface area (Å²) >= 11 is 11.9. The van der Waals surface area contributed by atoms with Crippen molar-refractivity contribution in [2.24, 2.45) is 0 Å². The van der Waals surface area contributed by atoms with E-state index in [0.717, 1.165) is 6.07 Å². The third-order valence-electron chi connectivity index (χ3n) is 3.02. The van der Waals surface area contributed by atoms with Gasteiger partial charge in [-0.05, 0) is 25.1 Å². The maximum Gasteiger partial charge on any atom is 0.509 e. The van der Waals surface area contributed by atoms with E-state index in [1.165, 1.54) is 19.1 Å². The van der Waals surface area contributed by atoms with Gasteiger partial charge in [-0.3, -0.25) is 0 Å². The molecule has 112 valence electrons. The summed E-state index contributed by atoms with van der Waals surface area (Å²) in [6, 6.07) is 8.82. The first kappa shape index (κ1) is 16.1. The fraction of sp³-hybridized carbons (Fsp3) is 0.143. The summed E-state index contributed by atoms with van der Waals surface area (Å²) in [7, 11) is 0. The van der Waals surface area contributed by atoms with Crippen molar-refractivity contribution >= 4 is 35.6 Å². The molecule has 0 aromatic heterocycles. The van der Waals surface area contributed by atoms with Crippen molar-refractivity contribution in [3.05, 3.63) is 57.6 Å². The molecule has 0 aliphatic carbocycles. The highest BCUT2D eigenvalue weighted by molar-refractivity contribution is 6.74. The molecule has 0 aliphatic heterocycles. The van der Waals surface area contributed by atoms with Crippen LogP contribution in [0.15, 0.2) is 36.4 Å². The van der Waals surface area contributed by atoms with Crippen molar-refractivity contribution in [1.29, 1.82) is 0 Å². The topological polar surface area (TPSA) is 9.23 Å². The van der Waals surface area contributed by atoms with E-state index in [-0.39, 0.29) is 12.2 Å². The first-order valence-corrected chi connectivity index (χ1v) is 6.91. The number of rotatable bonds is 4. The number of hydrogen-bond donors (Lipinski definition) is 0. The number of hydrogen-bond acceptors (Lipinski definition) is 1. The maximum atomic E-state index is 12.7. The quantitative estimate of drug-likeness (QED) is 0.720. The second-order valence-corrected chi connectivity index (χ2v) is 5.38. The van der Waals surface area contributed by atoms with Gasteiger partial charge in [0.15, 0.2) is 0 Å². The molecule has 0 unspecified atom stereocenters. The molecular weight excluding hydrogens is 323 g/mol. The summed E-state index contributed by atoms with van der Waals surface area (Å²) in [5.41, 5.74) is 0.200. The van der Waals surface area contributed by atoms with E-state index in [4.69, 9.17) is 27.9 Å². The molecular formula is C14H11BCl2F3O-. The number of aryl methyl sites for hydroxylation is 1. The number of benzene rings is 2. The zero-order chi connectivity index (χ0) is 15.6. The molecule has 2 aromatic carbocycles. The molecule has 0 bridgehead atoms. The summed E-state index contributed by atoms with van der Waals surface area (Å²) in [6.45, 7) is -3.47. The Kier molecular flexibility index (Phi) is 4.74. The Morgan fingerprint density at radius 1 is 1.10 bits per heavy atom. The zero-order valence-corrected chi connectivity index (χ0v) is 12.6. The lowest BCUT2D eigenvalue weighted by Crippen LogP contribution is -2.35. The van der Waals surface area contributed by atoms with Gasteiger partial charge in [0.05, 0.1) is 10.0 Å². The molecule has 0 aliphatic rings. The smallest absolute Gasteiger partial charge is 0.489 e. The van der Waals surface area contributed by atoms with E-state index in [9.17, 15) is 12.9 Å². The van der Waals surface area contributed by atoms with Crippen molar-refractivity contribution in [2.45, 2.75) is 13.5 Å². The average Bonchev–Trinajstić information content (AvgIpc) is 2.39. The van der Waals surface area contributed by atoms with E-state index in [1.807, 2.05) is 0 Å². The largest absolute Gasteiger partial charge is 0.509 e. The van der Waals surface area contributed by atoms with Crippen LogP contribution in [0.3, 0.4) is 0 Å². The zero-order valence-electron chi connectivity index (χ0n) is 11.0. The van der Waals surface area contributed by atoms with Crippen LogP contribution >= 0.6 is 23.2 Å². The fourth-order valence-corrected chi connectivity index (χ4v) is 2.30. The van der Waals surface area contributed by atoms with Crippen LogP contribution < -0.4 is 10.2 Å². The van der Waals surface area contributed by atoms with Gasteiger partial charge in [-0.25, -0.2) is 0 Å². The Morgan fingerprint density at radius 2 is 1.81 bits per heavy atom. The minimum atomic E-state index is -5.01. The summed E-state index contributed by atoms with van der Waals surface area (Å²) in [5, 5.41) is 0.787. The van der Waals surface area contributed by atoms with Crippen LogP contribution in [0.1, 0.15) is 11.1 Å². The van der Waals surface area contributed by atoms with Crippen molar-refractivity contribution in [1.82, 2.24) is 0 Å². The van der Waals surface area contributed by atoms with Gasteiger partial charge in [0.1, 0.15) is 12.4 Å². The molecule has 7 heteroatoms. The highest BCUT2D eigenvalue weighted by Crippen LogP contribution is 2.27. The summed E-state index contributed by atoms with van der Waals surface area (Å²) in [4.78, 5) is 0. The van der Waals surface area contributed by atoms with E-state index in [0.29, 0.717) is 21.4 Å². The third kappa shape index (κ3) is 3.86. The van der Waals surface area contributed by atoms with E-state index in [1.54, 1.807) is 18.2 Å². The van der Waals surface area contributed by atoms with Crippen LogP contribution in [0.4, 0.5) is 12.9 Å². The molecule has 0 heterocycles. The normalized spacial score (nSPS) is 11.5. The Morgan fingerprint density at radius 3 is 2.43 bits per heavy atom. The van der Waals surface area contributed by atoms with Crippen molar-refractivity contribution in [3.63, 3.8) is 0 Å². The van der Waals surface area contributed by atoms with Crippen LogP contribution in [0, 0.1) is 6.92 Å². The highest BCUT2D eigenvalue weighted by Gasteiger charge is 2.27. The van der Waals surface area contributed by atoms with Gasteiger partial charge in [0.2, 0.25) is 0 Å². The minimum absolute atomic E-state index is 0.134. The molecule has 0 amide bonds. The lowest BCUT2D eigenvalue weighted by molar-refractivity contribution is 0.306. The molecule has 0 atom stereocenters. The summed E-state index contributed by atoms with van der Waals surface area (Å²) < 4.78 is 43.6. The fourth-order valence-electron chi connectivity index (χ4n) is 1.93. The average molecular weight is 334 g/mol. The first-order chi connectivity index (χ1) is 9.79. The summed E-state index contributed by atoms with van der Waals surface area (Å²) in [5.74, 6) is 0.354. The molecule has 0 radical (unpaired) electrons. The monoisotopic (exact) mass is 333 g/mol. The Balaban J connectivity index is 2.14. The van der Waals surface area contributed by atoms with Crippen LogP contribution in [0.25, 0.3) is 0 Å². The van der Waals surface area contributed by atoms with Gasteiger partial charge < -0.3 is 17.7 Å². The van der Waals surface area contributed by atoms with E-state index < -0.39 is 12.4 Å². The predicted molar refractivity (Wildman–Crippen MR) is 80.7 cm³/mol. The van der Waals surface area contributed by atoms with Crippen LogP contribution in [0.2, 0.25) is 10.0 Å². The highest BCUT2D eigenvalue weighted by atomic mass is 35.5. The van der Waals surface area contributed by atoms with Crippen molar-refractivity contribution in [3.8, 4) is 5.75 Å². The number of ether oxygens (including phenoxy) is 1. The molecule has 2 aromatic rings. The summed E-state index contributed by atoms with van der Waals surface area (Å²) in [6.07, 6.45) is 0. The molecule has 0 N–H and O–H groups in total. The van der Waals surface area contributed by atoms with Crippen LogP contribution in [-0.4, -0.2) is 6.98 Å².